The van der Waals surface area contributed by atoms with E-state index in [-0.39, 0.29) is 0 Å². The molecule has 5 nitrogen and oxygen atoms in total. The highest BCUT2D eigenvalue weighted by atomic mass is 16.5. The molecule has 0 atom stereocenters. The molecule has 0 spiro atoms. The molecule has 90 valence electrons. The minimum absolute atomic E-state index is 0.439. The van der Waals surface area contributed by atoms with Crippen LogP contribution in [0.25, 0.3) is 0 Å². The molecule has 0 bridgehead atoms. The number of nitrogen functional groups attached to an aromatic ring is 1. The number of rotatable bonds is 4. The van der Waals surface area contributed by atoms with Crippen LogP contribution in [0.2, 0.25) is 0 Å². The zero-order valence-electron chi connectivity index (χ0n) is 9.88. The first-order chi connectivity index (χ1) is 8.20. The van der Waals surface area contributed by atoms with Gasteiger partial charge in [-0.25, -0.2) is 0 Å². The third-order valence-corrected chi connectivity index (χ3v) is 2.43. The van der Waals surface area contributed by atoms with Crippen LogP contribution in [0.5, 0.6) is 5.88 Å². The Balaban J connectivity index is 2.16. The normalized spacial score (nSPS) is 10.2. The van der Waals surface area contributed by atoms with Gasteiger partial charge in [0.15, 0.2) is 0 Å². The topological polar surface area (TPSA) is 64.5 Å². The van der Waals surface area contributed by atoms with Crippen molar-refractivity contribution < 1.29 is 9.15 Å². The fourth-order valence-corrected chi connectivity index (χ4v) is 1.53. The predicted molar refractivity (Wildman–Crippen MR) is 66.0 cm³/mol. The number of anilines is 2. The third-order valence-electron chi connectivity index (χ3n) is 2.43. The molecule has 0 aliphatic carbocycles. The van der Waals surface area contributed by atoms with E-state index in [1.807, 2.05) is 30.1 Å². The number of nitrogens with zero attached hydrogens (tertiary/aromatic N) is 2. The monoisotopic (exact) mass is 233 g/mol. The summed E-state index contributed by atoms with van der Waals surface area (Å²) in [5.74, 6) is 2.10. The van der Waals surface area contributed by atoms with Crippen LogP contribution in [-0.2, 0) is 6.54 Å². The highest BCUT2D eigenvalue weighted by Crippen LogP contribution is 2.22. The number of nitrogens with two attached hydrogens (primary N) is 1. The quantitative estimate of drug-likeness (QED) is 0.873. The van der Waals surface area contributed by atoms with Crippen molar-refractivity contribution >= 4 is 11.5 Å². The Bertz CT molecular complexity index is 483. The molecule has 0 aliphatic rings. The molecule has 2 aromatic heterocycles. The first-order valence-corrected chi connectivity index (χ1v) is 5.24. The highest BCUT2D eigenvalue weighted by Gasteiger charge is 2.08. The lowest BCUT2D eigenvalue weighted by Crippen LogP contribution is -2.17. The van der Waals surface area contributed by atoms with Crippen LogP contribution in [0, 0.1) is 0 Å². The van der Waals surface area contributed by atoms with Gasteiger partial charge >= 0.3 is 0 Å². The van der Waals surface area contributed by atoms with Crippen molar-refractivity contribution in [3.63, 3.8) is 0 Å². The Morgan fingerprint density at radius 1 is 1.41 bits per heavy atom. The van der Waals surface area contributed by atoms with Crippen LogP contribution >= 0.6 is 0 Å². The molecule has 17 heavy (non-hydrogen) atoms. The second-order valence-corrected chi connectivity index (χ2v) is 3.70. The van der Waals surface area contributed by atoms with Gasteiger partial charge in [-0.2, -0.15) is 4.98 Å². The van der Waals surface area contributed by atoms with Crippen molar-refractivity contribution in [2.24, 2.45) is 0 Å². The number of ether oxygens (including phenoxy) is 1. The lowest BCUT2D eigenvalue weighted by Gasteiger charge is -2.17. The van der Waals surface area contributed by atoms with E-state index in [9.17, 15) is 0 Å². The number of hydrogen-bond acceptors (Lipinski definition) is 5. The van der Waals surface area contributed by atoms with E-state index >= 15 is 0 Å². The van der Waals surface area contributed by atoms with Gasteiger partial charge in [0.25, 0.3) is 0 Å². The van der Waals surface area contributed by atoms with Gasteiger partial charge in [0, 0.05) is 7.05 Å². The maximum Gasteiger partial charge on any atom is 0.238 e. The Labute approximate surface area is 99.8 Å². The third kappa shape index (κ3) is 2.50. The van der Waals surface area contributed by atoms with E-state index in [1.54, 1.807) is 19.4 Å². The Morgan fingerprint density at radius 3 is 2.88 bits per heavy atom. The van der Waals surface area contributed by atoms with Crippen molar-refractivity contribution in [3.8, 4) is 5.88 Å². The maximum atomic E-state index is 5.71. The van der Waals surface area contributed by atoms with Crippen molar-refractivity contribution in [3.05, 3.63) is 36.3 Å². The van der Waals surface area contributed by atoms with Gasteiger partial charge in [-0.1, -0.05) is 0 Å². The molecule has 2 aromatic rings. The minimum atomic E-state index is 0.439. The van der Waals surface area contributed by atoms with Gasteiger partial charge in [0.1, 0.15) is 11.6 Å². The standard InChI is InChI=1S/C12H15N3O2/c1-15(8-9-4-3-7-17-9)11-6-5-10(13)12(14-11)16-2/h3-7H,8,13H2,1-2H3. The summed E-state index contributed by atoms with van der Waals surface area (Å²) in [7, 11) is 3.48. The number of pyridine rings is 1. The van der Waals surface area contributed by atoms with Gasteiger partial charge < -0.3 is 19.8 Å². The first-order valence-electron chi connectivity index (χ1n) is 5.24. The zero-order valence-corrected chi connectivity index (χ0v) is 9.88. The molecule has 0 amide bonds. The summed E-state index contributed by atoms with van der Waals surface area (Å²) in [6, 6.07) is 7.41. The van der Waals surface area contributed by atoms with E-state index < -0.39 is 0 Å². The molecule has 0 saturated heterocycles. The van der Waals surface area contributed by atoms with Crippen LogP contribution in [0.15, 0.2) is 34.9 Å². The van der Waals surface area contributed by atoms with E-state index in [2.05, 4.69) is 4.98 Å². The molecular weight excluding hydrogens is 218 g/mol. The molecule has 0 fully saturated rings. The molecule has 0 aliphatic heterocycles. The summed E-state index contributed by atoms with van der Waals surface area (Å²) < 4.78 is 10.4. The average Bonchev–Trinajstić information content (AvgIpc) is 2.82. The average molecular weight is 233 g/mol. The van der Waals surface area contributed by atoms with Gasteiger partial charge in [-0.15, -0.1) is 0 Å². The fraction of sp³-hybridized carbons (Fsp3) is 0.250. The van der Waals surface area contributed by atoms with Gasteiger partial charge in [0.2, 0.25) is 5.88 Å². The molecule has 2 rings (SSSR count). The van der Waals surface area contributed by atoms with Crippen molar-refractivity contribution in [2.45, 2.75) is 6.54 Å². The summed E-state index contributed by atoms with van der Waals surface area (Å²) in [6.07, 6.45) is 1.65. The van der Waals surface area contributed by atoms with Gasteiger partial charge in [0.05, 0.1) is 25.6 Å². The smallest absolute Gasteiger partial charge is 0.238 e. The molecule has 0 saturated carbocycles. The molecule has 0 unspecified atom stereocenters. The SMILES string of the molecule is COc1nc(N(C)Cc2ccco2)ccc1N. The van der Waals surface area contributed by atoms with Crippen molar-refractivity contribution in [1.29, 1.82) is 0 Å². The molecule has 5 heteroatoms. The largest absolute Gasteiger partial charge is 0.479 e. The Morgan fingerprint density at radius 2 is 2.24 bits per heavy atom. The number of furan rings is 1. The van der Waals surface area contributed by atoms with E-state index in [1.165, 1.54) is 0 Å². The number of hydrogen-bond donors (Lipinski definition) is 1. The predicted octanol–water partition coefficient (Wildman–Crippen LogP) is 1.90. The van der Waals surface area contributed by atoms with E-state index in [0.29, 0.717) is 18.1 Å². The van der Waals surface area contributed by atoms with Crippen LogP contribution in [0.1, 0.15) is 5.76 Å². The lowest BCUT2D eigenvalue weighted by molar-refractivity contribution is 0.400. The van der Waals surface area contributed by atoms with Crippen molar-refractivity contribution in [2.75, 3.05) is 24.8 Å². The lowest BCUT2D eigenvalue weighted by atomic mass is 10.3. The van der Waals surface area contributed by atoms with E-state index in [0.717, 1.165) is 11.6 Å². The summed E-state index contributed by atoms with van der Waals surface area (Å²) in [5, 5.41) is 0. The summed E-state index contributed by atoms with van der Waals surface area (Å²) in [4.78, 5) is 6.27. The molecule has 2 N–H and O–H groups in total. The van der Waals surface area contributed by atoms with Crippen LogP contribution in [0.3, 0.4) is 0 Å². The zero-order chi connectivity index (χ0) is 12.3. The van der Waals surface area contributed by atoms with Crippen LogP contribution < -0.4 is 15.4 Å². The molecule has 2 heterocycles. The van der Waals surface area contributed by atoms with Crippen LogP contribution in [0.4, 0.5) is 11.5 Å². The summed E-state index contributed by atoms with van der Waals surface area (Å²) in [6.45, 7) is 0.646. The van der Waals surface area contributed by atoms with E-state index in [4.69, 9.17) is 14.9 Å². The number of aromatic nitrogens is 1. The number of methoxy groups -OCH3 is 1. The van der Waals surface area contributed by atoms with Gasteiger partial charge in [-0.05, 0) is 24.3 Å². The first kappa shape index (κ1) is 11.3. The van der Waals surface area contributed by atoms with Gasteiger partial charge in [-0.3, -0.25) is 0 Å². The van der Waals surface area contributed by atoms with Crippen molar-refractivity contribution in [1.82, 2.24) is 4.98 Å². The molecular formula is C12H15N3O2. The summed E-state index contributed by atoms with van der Waals surface area (Å²) in [5.41, 5.74) is 6.24. The fourth-order valence-electron chi connectivity index (χ4n) is 1.53. The molecule has 0 radical (unpaired) electrons. The minimum Gasteiger partial charge on any atom is -0.479 e. The Hall–Kier alpha value is -2.17. The maximum absolute atomic E-state index is 5.71. The van der Waals surface area contributed by atoms with Crippen LogP contribution in [-0.4, -0.2) is 19.1 Å². The Kier molecular flexibility index (Phi) is 3.18. The second kappa shape index (κ2) is 4.78. The highest BCUT2D eigenvalue weighted by molar-refractivity contribution is 5.54. The summed E-state index contributed by atoms with van der Waals surface area (Å²) >= 11 is 0. The molecule has 0 aromatic carbocycles. The second-order valence-electron chi connectivity index (χ2n) is 3.70.